The molecule has 0 saturated carbocycles. The standard InChI is InChI=1S/C18H16F4N2O2/c19-15-4-2-1-3-14(15)17(26)24-11-16(25)23-10-9-12-5-7-13(8-6-12)18(20,21)22/h1-8H,9-11H2,(H,23,25)(H,24,26). The van der Waals surface area contributed by atoms with Crippen molar-refractivity contribution in [3.05, 3.63) is 71.0 Å². The Morgan fingerprint density at radius 3 is 2.19 bits per heavy atom. The zero-order chi connectivity index (χ0) is 19.2. The highest BCUT2D eigenvalue weighted by molar-refractivity contribution is 5.96. The second-order valence-corrected chi connectivity index (χ2v) is 5.46. The molecule has 0 atom stereocenters. The van der Waals surface area contributed by atoms with E-state index in [9.17, 15) is 27.2 Å². The number of carbonyl (C=O) groups is 2. The van der Waals surface area contributed by atoms with Gasteiger partial charge in [-0.05, 0) is 36.2 Å². The van der Waals surface area contributed by atoms with Crippen LogP contribution in [0.3, 0.4) is 0 Å². The van der Waals surface area contributed by atoms with Crippen molar-refractivity contribution in [2.24, 2.45) is 0 Å². The molecule has 2 aromatic rings. The van der Waals surface area contributed by atoms with Crippen LogP contribution in [0.4, 0.5) is 17.6 Å². The molecule has 0 fully saturated rings. The largest absolute Gasteiger partial charge is 0.416 e. The predicted molar refractivity (Wildman–Crippen MR) is 86.9 cm³/mol. The van der Waals surface area contributed by atoms with E-state index in [0.29, 0.717) is 12.0 Å². The summed E-state index contributed by atoms with van der Waals surface area (Å²) in [6, 6.07) is 10.0. The molecule has 0 bridgehead atoms. The number of carbonyl (C=O) groups excluding carboxylic acids is 2. The average molecular weight is 368 g/mol. The van der Waals surface area contributed by atoms with Gasteiger partial charge in [-0.3, -0.25) is 9.59 Å². The summed E-state index contributed by atoms with van der Waals surface area (Å²) in [4.78, 5) is 23.4. The number of amides is 2. The van der Waals surface area contributed by atoms with Crippen molar-refractivity contribution in [2.45, 2.75) is 12.6 Å². The Balaban J connectivity index is 1.74. The first kappa shape index (κ1) is 19.4. The zero-order valence-corrected chi connectivity index (χ0v) is 13.6. The molecular formula is C18H16F4N2O2. The maximum Gasteiger partial charge on any atom is 0.416 e. The van der Waals surface area contributed by atoms with Crippen molar-refractivity contribution in [1.82, 2.24) is 10.6 Å². The lowest BCUT2D eigenvalue weighted by molar-refractivity contribution is -0.137. The van der Waals surface area contributed by atoms with Gasteiger partial charge in [0.15, 0.2) is 0 Å². The molecule has 2 rings (SSSR count). The Morgan fingerprint density at radius 2 is 1.58 bits per heavy atom. The average Bonchev–Trinajstić information content (AvgIpc) is 2.60. The zero-order valence-electron chi connectivity index (χ0n) is 13.6. The Kier molecular flexibility index (Phi) is 6.32. The lowest BCUT2D eigenvalue weighted by atomic mass is 10.1. The van der Waals surface area contributed by atoms with Crippen molar-refractivity contribution >= 4 is 11.8 Å². The molecule has 4 nitrogen and oxygen atoms in total. The summed E-state index contributed by atoms with van der Waals surface area (Å²) in [5, 5.41) is 4.82. The number of hydrogen-bond acceptors (Lipinski definition) is 2. The molecule has 2 N–H and O–H groups in total. The first-order chi connectivity index (χ1) is 12.3. The van der Waals surface area contributed by atoms with E-state index in [-0.39, 0.29) is 18.7 Å². The molecule has 2 amide bonds. The van der Waals surface area contributed by atoms with Crippen molar-refractivity contribution < 1.29 is 27.2 Å². The van der Waals surface area contributed by atoms with Gasteiger partial charge >= 0.3 is 6.18 Å². The quantitative estimate of drug-likeness (QED) is 0.771. The van der Waals surface area contributed by atoms with Crippen LogP contribution in [0.5, 0.6) is 0 Å². The third kappa shape index (κ3) is 5.58. The van der Waals surface area contributed by atoms with Crippen molar-refractivity contribution in [3.8, 4) is 0 Å². The SMILES string of the molecule is O=C(CNC(=O)c1ccccc1F)NCCc1ccc(C(F)(F)F)cc1. The van der Waals surface area contributed by atoms with E-state index in [1.165, 1.54) is 30.3 Å². The Hall–Kier alpha value is -2.90. The van der Waals surface area contributed by atoms with Crippen LogP contribution in [0.25, 0.3) is 0 Å². The number of hydrogen-bond donors (Lipinski definition) is 2. The summed E-state index contributed by atoms with van der Waals surface area (Å²) >= 11 is 0. The van der Waals surface area contributed by atoms with Crippen LogP contribution in [-0.4, -0.2) is 24.9 Å². The highest BCUT2D eigenvalue weighted by atomic mass is 19.4. The molecule has 0 aromatic heterocycles. The second kappa shape index (κ2) is 8.46. The minimum atomic E-state index is -4.39. The molecule has 2 aromatic carbocycles. The maximum absolute atomic E-state index is 13.4. The lowest BCUT2D eigenvalue weighted by Gasteiger charge is -2.09. The normalized spacial score (nSPS) is 11.1. The fourth-order valence-corrected chi connectivity index (χ4v) is 2.17. The number of halogens is 4. The van der Waals surface area contributed by atoms with Gasteiger partial charge in [0.2, 0.25) is 5.91 Å². The van der Waals surface area contributed by atoms with Gasteiger partial charge in [0.05, 0.1) is 17.7 Å². The van der Waals surface area contributed by atoms with Gasteiger partial charge < -0.3 is 10.6 Å². The van der Waals surface area contributed by atoms with Crippen LogP contribution < -0.4 is 10.6 Å². The van der Waals surface area contributed by atoms with E-state index >= 15 is 0 Å². The molecule has 0 aliphatic rings. The molecule has 138 valence electrons. The van der Waals surface area contributed by atoms with Crippen LogP contribution in [0.15, 0.2) is 48.5 Å². The van der Waals surface area contributed by atoms with E-state index in [1.54, 1.807) is 0 Å². The molecule has 8 heteroatoms. The monoisotopic (exact) mass is 368 g/mol. The van der Waals surface area contributed by atoms with E-state index in [1.807, 2.05) is 0 Å². The van der Waals surface area contributed by atoms with Crippen LogP contribution in [-0.2, 0) is 17.4 Å². The molecule has 0 spiro atoms. The maximum atomic E-state index is 13.4. The van der Waals surface area contributed by atoms with E-state index in [4.69, 9.17) is 0 Å². The third-order valence-corrected chi connectivity index (χ3v) is 3.55. The van der Waals surface area contributed by atoms with Crippen LogP contribution in [0, 0.1) is 5.82 Å². The van der Waals surface area contributed by atoms with Crippen LogP contribution >= 0.6 is 0 Å². The Labute approximate surface area is 147 Å². The summed E-state index contributed by atoms with van der Waals surface area (Å²) < 4.78 is 50.8. The van der Waals surface area contributed by atoms with Gasteiger partial charge in [-0.1, -0.05) is 24.3 Å². The van der Waals surface area contributed by atoms with Crippen molar-refractivity contribution in [3.63, 3.8) is 0 Å². The van der Waals surface area contributed by atoms with Gasteiger partial charge in [0.1, 0.15) is 5.82 Å². The van der Waals surface area contributed by atoms with E-state index < -0.39 is 29.4 Å². The highest BCUT2D eigenvalue weighted by Crippen LogP contribution is 2.29. The Morgan fingerprint density at radius 1 is 0.923 bits per heavy atom. The summed E-state index contributed by atoms with van der Waals surface area (Å²) in [5.41, 5.74) is -0.264. The molecule has 26 heavy (non-hydrogen) atoms. The molecular weight excluding hydrogens is 352 g/mol. The summed E-state index contributed by atoms with van der Waals surface area (Å²) in [6.07, 6.45) is -4.05. The minimum Gasteiger partial charge on any atom is -0.354 e. The first-order valence-corrected chi connectivity index (χ1v) is 7.73. The number of nitrogens with one attached hydrogen (secondary N) is 2. The number of rotatable bonds is 6. The highest BCUT2D eigenvalue weighted by Gasteiger charge is 2.29. The topological polar surface area (TPSA) is 58.2 Å². The van der Waals surface area contributed by atoms with Crippen LogP contribution in [0.1, 0.15) is 21.5 Å². The summed E-state index contributed by atoms with van der Waals surface area (Å²) in [7, 11) is 0. The van der Waals surface area contributed by atoms with Crippen molar-refractivity contribution in [2.75, 3.05) is 13.1 Å². The minimum absolute atomic E-state index is 0.162. The molecule has 0 aliphatic carbocycles. The van der Waals surface area contributed by atoms with Gasteiger partial charge in [-0.15, -0.1) is 0 Å². The fraction of sp³-hybridized carbons (Fsp3) is 0.222. The Bertz CT molecular complexity index is 774. The number of alkyl halides is 3. The van der Waals surface area contributed by atoms with Crippen LogP contribution in [0.2, 0.25) is 0 Å². The fourth-order valence-electron chi connectivity index (χ4n) is 2.17. The third-order valence-electron chi connectivity index (χ3n) is 3.55. The predicted octanol–water partition coefficient (Wildman–Crippen LogP) is 2.93. The second-order valence-electron chi connectivity index (χ2n) is 5.46. The van der Waals surface area contributed by atoms with Crippen molar-refractivity contribution in [1.29, 1.82) is 0 Å². The van der Waals surface area contributed by atoms with Gasteiger partial charge in [-0.25, -0.2) is 4.39 Å². The molecule has 0 aliphatic heterocycles. The molecule has 0 unspecified atom stereocenters. The lowest BCUT2D eigenvalue weighted by Crippen LogP contribution is -2.37. The summed E-state index contributed by atoms with van der Waals surface area (Å²) in [5.74, 6) is -1.88. The van der Waals surface area contributed by atoms with E-state index in [0.717, 1.165) is 18.2 Å². The molecule has 0 saturated heterocycles. The smallest absolute Gasteiger partial charge is 0.354 e. The van der Waals surface area contributed by atoms with Gasteiger partial charge in [0.25, 0.3) is 5.91 Å². The van der Waals surface area contributed by atoms with Gasteiger partial charge in [-0.2, -0.15) is 13.2 Å². The molecule has 0 heterocycles. The van der Waals surface area contributed by atoms with E-state index in [2.05, 4.69) is 10.6 Å². The first-order valence-electron chi connectivity index (χ1n) is 7.73. The summed E-state index contributed by atoms with van der Waals surface area (Å²) in [6.45, 7) is -0.139. The number of benzene rings is 2. The molecule has 0 radical (unpaired) electrons. The van der Waals surface area contributed by atoms with Gasteiger partial charge in [0, 0.05) is 6.54 Å².